The lowest BCUT2D eigenvalue weighted by Gasteiger charge is -2.27. The highest BCUT2D eigenvalue weighted by atomic mass is 16.5. The lowest BCUT2D eigenvalue weighted by Crippen LogP contribution is -2.20. The predicted molar refractivity (Wildman–Crippen MR) is 75.6 cm³/mol. The molecule has 0 radical (unpaired) electrons. The van der Waals surface area contributed by atoms with Gasteiger partial charge in [0.1, 0.15) is 12.5 Å². The summed E-state index contributed by atoms with van der Waals surface area (Å²) in [5, 5.41) is 4.00. The van der Waals surface area contributed by atoms with Gasteiger partial charge in [-0.05, 0) is 32.6 Å². The third-order valence-electron chi connectivity index (χ3n) is 3.76. The first-order valence-electron chi connectivity index (χ1n) is 7.84. The molecule has 1 aromatic rings. The predicted octanol–water partition coefficient (Wildman–Crippen LogP) is 2.83. The summed E-state index contributed by atoms with van der Waals surface area (Å²) in [4.78, 5) is 15.8. The van der Waals surface area contributed by atoms with E-state index < -0.39 is 0 Å². The van der Waals surface area contributed by atoms with Gasteiger partial charge in [-0.1, -0.05) is 24.4 Å². The van der Waals surface area contributed by atoms with Crippen molar-refractivity contribution in [3.63, 3.8) is 0 Å². The highest BCUT2D eigenvalue weighted by Crippen LogP contribution is 2.35. The van der Waals surface area contributed by atoms with Crippen molar-refractivity contribution in [2.24, 2.45) is 5.92 Å². The minimum Gasteiger partial charge on any atom is -0.466 e. The molecule has 1 aliphatic rings. The fourth-order valence-corrected chi connectivity index (χ4v) is 2.83. The zero-order chi connectivity index (χ0) is 15.1. The number of ether oxygens (including phenoxy) is 2. The van der Waals surface area contributed by atoms with Gasteiger partial charge in [0, 0.05) is 6.61 Å². The van der Waals surface area contributed by atoms with Gasteiger partial charge in [-0.3, -0.25) is 4.79 Å². The first-order valence-corrected chi connectivity index (χ1v) is 7.84. The first kappa shape index (κ1) is 15.9. The summed E-state index contributed by atoms with van der Waals surface area (Å²) in [5.74, 6) is 0.942. The second-order valence-corrected chi connectivity index (χ2v) is 5.30. The number of esters is 1. The van der Waals surface area contributed by atoms with Gasteiger partial charge in [0.2, 0.25) is 11.7 Å². The molecule has 21 heavy (non-hydrogen) atoms. The third kappa shape index (κ3) is 4.52. The van der Waals surface area contributed by atoms with Crippen LogP contribution < -0.4 is 0 Å². The number of carbonyl (C=O) groups excluding carboxylic acids is 1. The largest absolute Gasteiger partial charge is 0.466 e. The lowest BCUT2D eigenvalue weighted by atomic mass is 9.85. The van der Waals surface area contributed by atoms with Gasteiger partial charge >= 0.3 is 5.97 Å². The Labute approximate surface area is 125 Å². The number of aromatic nitrogens is 2. The SMILES string of the molecule is CCOC(=O)Cc1nc(C(OCC)C2CCCCC2)no1. The Bertz CT molecular complexity index is 441. The number of nitrogens with zero attached hydrogens (tertiary/aromatic N) is 2. The number of carbonyl (C=O) groups is 1. The van der Waals surface area contributed by atoms with Crippen LogP contribution in [0.4, 0.5) is 0 Å². The minimum absolute atomic E-state index is 0.0182. The maximum absolute atomic E-state index is 11.4. The Morgan fingerprint density at radius 3 is 2.71 bits per heavy atom. The fraction of sp³-hybridized carbons (Fsp3) is 0.800. The van der Waals surface area contributed by atoms with E-state index in [-0.39, 0.29) is 18.5 Å². The molecule has 0 N–H and O–H groups in total. The van der Waals surface area contributed by atoms with E-state index in [1.54, 1.807) is 6.92 Å². The molecule has 1 saturated carbocycles. The standard InChI is InChI=1S/C15H24N2O4/c1-3-19-13(18)10-12-16-15(17-21-12)14(20-4-2)11-8-6-5-7-9-11/h11,14H,3-10H2,1-2H3. The van der Waals surface area contributed by atoms with E-state index in [2.05, 4.69) is 10.1 Å². The van der Waals surface area contributed by atoms with E-state index in [0.29, 0.717) is 30.8 Å². The molecule has 0 aliphatic heterocycles. The third-order valence-corrected chi connectivity index (χ3v) is 3.76. The van der Waals surface area contributed by atoms with Crippen LogP contribution in [-0.2, 0) is 20.7 Å². The van der Waals surface area contributed by atoms with Crippen molar-refractivity contribution in [1.29, 1.82) is 0 Å². The second-order valence-electron chi connectivity index (χ2n) is 5.30. The van der Waals surface area contributed by atoms with Gasteiger partial charge in [-0.2, -0.15) is 4.98 Å². The van der Waals surface area contributed by atoms with E-state index >= 15 is 0 Å². The lowest BCUT2D eigenvalue weighted by molar-refractivity contribution is -0.142. The van der Waals surface area contributed by atoms with Crippen molar-refractivity contribution in [1.82, 2.24) is 10.1 Å². The summed E-state index contributed by atoms with van der Waals surface area (Å²) in [6.45, 7) is 4.70. The zero-order valence-corrected chi connectivity index (χ0v) is 12.8. The van der Waals surface area contributed by atoms with E-state index in [9.17, 15) is 4.79 Å². The Kier molecular flexibility index (Phi) is 6.17. The minimum atomic E-state index is -0.349. The topological polar surface area (TPSA) is 74.5 Å². The Hall–Kier alpha value is -1.43. The summed E-state index contributed by atoms with van der Waals surface area (Å²) in [5.41, 5.74) is 0. The summed E-state index contributed by atoms with van der Waals surface area (Å²) in [7, 11) is 0. The first-order chi connectivity index (χ1) is 10.2. The molecule has 1 fully saturated rings. The molecule has 6 heteroatoms. The van der Waals surface area contributed by atoms with Crippen molar-refractivity contribution in [2.45, 2.75) is 58.5 Å². The number of hydrogen-bond donors (Lipinski definition) is 0. The van der Waals surface area contributed by atoms with Crippen LogP contribution in [-0.4, -0.2) is 29.3 Å². The van der Waals surface area contributed by atoms with Crippen LogP contribution in [0.15, 0.2) is 4.52 Å². The molecule has 0 amide bonds. The molecular formula is C15H24N2O4. The van der Waals surface area contributed by atoms with Gasteiger partial charge in [0.15, 0.2) is 0 Å². The highest BCUT2D eigenvalue weighted by Gasteiger charge is 2.29. The summed E-state index contributed by atoms with van der Waals surface area (Å²) < 4.78 is 15.9. The van der Waals surface area contributed by atoms with Gasteiger partial charge < -0.3 is 14.0 Å². The van der Waals surface area contributed by atoms with Crippen LogP contribution in [0.5, 0.6) is 0 Å². The molecule has 6 nitrogen and oxygen atoms in total. The van der Waals surface area contributed by atoms with E-state index in [4.69, 9.17) is 14.0 Å². The van der Waals surface area contributed by atoms with E-state index in [0.717, 1.165) is 12.8 Å². The molecule has 1 unspecified atom stereocenters. The fourth-order valence-electron chi connectivity index (χ4n) is 2.83. The van der Waals surface area contributed by atoms with Crippen molar-refractivity contribution in [3.05, 3.63) is 11.7 Å². The van der Waals surface area contributed by atoms with Crippen molar-refractivity contribution < 1.29 is 18.8 Å². The van der Waals surface area contributed by atoms with Crippen LogP contribution in [0.3, 0.4) is 0 Å². The average molecular weight is 296 g/mol. The van der Waals surface area contributed by atoms with Gasteiger partial charge in [0.25, 0.3) is 0 Å². The molecule has 118 valence electrons. The van der Waals surface area contributed by atoms with Crippen molar-refractivity contribution >= 4 is 5.97 Å². The molecule has 0 saturated heterocycles. The Morgan fingerprint density at radius 2 is 2.05 bits per heavy atom. The van der Waals surface area contributed by atoms with Crippen LogP contribution in [0, 0.1) is 5.92 Å². The zero-order valence-electron chi connectivity index (χ0n) is 12.8. The van der Waals surface area contributed by atoms with Crippen LogP contribution in [0.25, 0.3) is 0 Å². The van der Waals surface area contributed by atoms with E-state index in [1.165, 1.54) is 19.3 Å². The quantitative estimate of drug-likeness (QED) is 0.720. The molecule has 0 spiro atoms. The molecule has 0 aromatic carbocycles. The monoisotopic (exact) mass is 296 g/mol. The maximum Gasteiger partial charge on any atom is 0.315 e. The van der Waals surface area contributed by atoms with Gasteiger partial charge in [-0.25, -0.2) is 0 Å². The molecule has 1 atom stereocenters. The Balaban J connectivity index is 2.02. The molecule has 1 aliphatic carbocycles. The average Bonchev–Trinajstić information content (AvgIpc) is 2.94. The Morgan fingerprint density at radius 1 is 1.29 bits per heavy atom. The van der Waals surface area contributed by atoms with Gasteiger partial charge in [0.05, 0.1) is 6.61 Å². The van der Waals surface area contributed by atoms with Crippen LogP contribution in [0.2, 0.25) is 0 Å². The van der Waals surface area contributed by atoms with Crippen molar-refractivity contribution in [3.8, 4) is 0 Å². The highest BCUT2D eigenvalue weighted by molar-refractivity contribution is 5.71. The molecular weight excluding hydrogens is 272 g/mol. The van der Waals surface area contributed by atoms with Crippen LogP contribution >= 0.6 is 0 Å². The summed E-state index contributed by atoms with van der Waals surface area (Å²) in [6, 6.07) is 0. The molecule has 0 bridgehead atoms. The molecule has 1 aromatic heterocycles. The van der Waals surface area contributed by atoms with Gasteiger partial charge in [-0.15, -0.1) is 0 Å². The second kappa shape index (κ2) is 8.12. The van der Waals surface area contributed by atoms with E-state index in [1.807, 2.05) is 6.92 Å². The molecule has 2 rings (SSSR count). The summed E-state index contributed by atoms with van der Waals surface area (Å²) in [6.07, 6.45) is 5.89. The normalized spacial score (nSPS) is 17.6. The maximum atomic E-state index is 11.4. The molecule has 1 heterocycles. The number of rotatable bonds is 7. The summed E-state index contributed by atoms with van der Waals surface area (Å²) >= 11 is 0. The number of hydrogen-bond acceptors (Lipinski definition) is 6. The smallest absolute Gasteiger partial charge is 0.315 e. The van der Waals surface area contributed by atoms with Crippen molar-refractivity contribution in [2.75, 3.05) is 13.2 Å². The van der Waals surface area contributed by atoms with Crippen LogP contribution in [0.1, 0.15) is 63.8 Å².